The standard InChI is InChI=1S/4C33H46NSi.Ti/c4*1-31(2)32(3,34-28-20-16-17-21-28)26-18-8-6-5-7-9-19-27-33(31,4)35(29-22-12-10-13-23-29)30-24-14-11-15-25-30;/h4*10-17,20-25,28,35H,5-9,18-19,26-27H2,1-4H3;/q4*-1;+4. The molecule has 8 atom stereocenters. The minimum absolute atomic E-state index is 0. The van der Waals surface area contributed by atoms with Crippen LogP contribution in [0, 0.1) is 21.7 Å². The number of benzene rings is 8. The second-order valence-electron chi connectivity index (χ2n) is 47.7. The van der Waals surface area contributed by atoms with Gasteiger partial charge in [-0.3, -0.25) is 0 Å². The van der Waals surface area contributed by atoms with E-state index < -0.39 is 35.2 Å². The van der Waals surface area contributed by atoms with E-state index in [-0.39, 0.29) is 110 Å². The Balaban J connectivity index is 0.000000168. The average molecular weight is 1990 g/mol. The van der Waals surface area contributed by atoms with Gasteiger partial charge in [0, 0.05) is 0 Å². The SMILES string of the molecule is CC1([N-]C2C=CC=C2)CCCCCCCCCC(C)([SiH](c2ccccc2)c2ccccc2)C1(C)C.CC1([N-]C2C=CC=C2)CCCCCCCCCC(C)([SiH](c2ccccc2)c2ccccc2)C1(C)C.CC1([N-]C2C=CC=C2)CCCCCCCCCC(C)([SiH](c2ccccc2)c2ccccc2)C1(C)C.CC1([N-]C2C=CC=C2)CCCCCCCCCC(C)([SiH](c2ccccc2)c2ccccc2)C1(C)C.[Ti+4]. The minimum Gasteiger partial charge on any atom is -0.647 e. The van der Waals surface area contributed by atoms with Crippen LogP contribution in [-0.2, 0) is 21.7 Å². The van der Waals surface area contributed by atoms with Crippen LogP contribution in [0.5, 0.6) is 0 Å². The Bertz CT molecular complexity index is 4370. The van der Waals surface area contributed by atoms with Gasteiger partial charge in [-0.2, -0.15) is 0 Å². The summed E-state index contributed by atoms with van der Waals surface area (Å²) in [4.78, 5) is 0. The van der Waals surface area contributed by atoms with Gasteiger partial charge in [-0.1, -0.05) is 722 Å². The number of hydrogen-bond acceptors (Lipinski definition) is 0. The molecule has 141 heavy (non-hydrogen) atoms. The molecule has 0 saturated heterocycles. The number of rotatable bonds is 20. The third kappa shape index (κ3) is 27.4. The monoisotopic (exact) mass is 1990 g/mol. The van der Waals surface area contributed by atoms with Crippen molar-refractivity contribution in [3.8, 4) is 0 Å². The summed E-state index contributed by atoms with van der Waals surface area (Å²) >= 11 is 0. The van der Waals surface area contributed by atoms with Crippen LogP contribution in [0.2, 0.25) is 20.2 Å². The Morgan fingerprint density at radius 3 is 0.404 bits per heavy atom. The number of allylic oxidation sites excluding steroid dienone is 8. The average Bonchev–Trinajstić information content (AvgIpc) is 0.938. The van der Waals surface area contributed by atoms with Gasteiger partial charge in [-0.25, -0.2) is 0 Å². The predicted molar refractivity (Wildman–Crippen MR) is 627 cm³/mol. The van der Waals surface area contributed by atoms with Crippen LogP contribution in [0.3, 0.4) is 0 Å². The van der Waals surface area contributed by atoms with E-state index in [2.05, 4.69) is 451 Å². The molecule has 0 spiro atoms. The van der Waals surface area contributed by atoms with Crippen molar-refractivity contribution in [2.24, 2.45) is 21.7 Å². The fraction of sp³-hybridized carbons (Fsp3) is 0.515. The van der Waals surface area contributed by atoms with E-state index in [0.29, 0.717) is 0 Å². The van der Waals surface area contributed by atoms with Crippen molar-refractivity contribution in [1.29, 1.82) is 0 Å². The minimum atomic E-state index is -1.61. The Morgan fingerprint density at radius 1 is 0.163 bits per heavy atom. The first-order chi connectivity index (χ1) is 67.5. The molecule has 0 amide bonds. The molecule has 4 nitrogen and oxygen atoms in total. The summed E-state index contributed by atoms with van der Waals surface area (Å²) in [5.74, 6) is 0. The fourth-order valence-electron chi connectivity index (χ4n) is 27.5. The fourth-order valence-corrected chi connectivity index (χ4v) is 45.9. The van der Waals surface area contributed by atoms with Crippen molar-refractivity contribution in [2.75, 3.05) is 0 Å². The van der Waals surface area contributed by atoms with E-state index in [1.807, 2.05) is 0 Å². The molecule has 752 valence electrons. The molecule has 0 radical (unpaired) electrons. The summed E-state index contributed by atoms with van der Waals surface area (Å²) in [5.41, 5.74) is -0.145. The van der Waals surface area contributed by atoms with E-state index in [9.17, 15) is 0 Å². The largest absolute Gasteiger partial charge is 4.00 e. The third-order valence-corrected chi connectivity index (χ3v) is 56.3. The molecule has 0 heterocycles. The first-order valence-electron chi connectivity index (χ1n) is 56.2. The van der Waals surface area contributed by atoms with Gasteiger partial charge in [-0.05, 0) is 67.5 Å². The van der Waals surface area contributed by atoms with Crippen LogP contribution in [-0.4, -0.2) is 81.5 Å². The van der Waals surface area contributed by atoms with E-state index in [4.69, 9.17) is 21.3 Å². The molecule has 0 aliphatic heterocycles. The molecule has 0 N–H and O–H groups in total. The maximum Gasteiger partial charge on any atom is 4.00 e. The third-order valence-electron chi connectivity index (χ3n) is 38.8. The van der Waals surface area contributed by atoms with Gasteiger partial charge in [0.15, 0.2) is 0 Å². The zero-order valence-corrected chi connectivity index (χ0v) is 96.9. The van der Waals surface area contributed by atoms with Crippen LogP contribution in [0.15, 0.2) is 340 Å². The Morgan fingerprint density at radius 2 is 0.277 bits per heavy atom. The van der Waals surface area contributed by atoms with Crippen LogP contribution in [0.4, 0.5) is 0 Å². The molecule has 8 aliphatic rings. The topological polar surface area (TPSA) is 56.4 Å². The van der Waals surface area contributed by atoms with Crippen molar-refractivity contribution in [1.82, 2.24) is 0 Å². The maximum absolute atomic E-state index is 5.66. The first-order valence-corrected chi connectivity index (χ1v) is 63.1. The summed E-state index contributed by atoms with van der Waals surface area (Å²) in [6.07, 6.45) is 83.2. The van der Waals surface area contributed by atoms with Crippen LogP contribution < -0.4 is 41.5 Å². The Hall–Kier alpha value is -6.90. The van der Waals surface area contributed by atoms with Crippen molar-refractivity contribution < 1.29 is 21.7 Å². The molecule has 16 rings (SSSR count). The van der Waals surface area contributed by atoms with E-state index >= 15 is 0 Å². The normalized spacial score (nSPS) is 27.8. The van der Waals surface area contributed by atoms with Crippen molar-refractivity contribution in [3.05, 3.63) is 361 Å². The summed E-state index contributed by atoms with van der Waals surface area (Å²) in [6, 6.07) is 92.9. The molecule has 9 heteroatoms. The van der Waals surface area contributed by atoms with Crippen molar-refractivity contribution in [2.45, 2.75) is 408 Å². The quantitative estimate of drug-likeness (QED) is 0.0683. The molecule has 0 aromatic heterocycles. The Kier molecular flexibility index (Phi) is 42.5. The van der Waals surface area contributed by atoms with Gasteiger partial charge in [0.25, 0.3) is 0 Å². The van der Waals surface area contributed by atoms with Gasteiger partial charge >= 0.3 is 21.7 Å². The molecule has 4 fully saturated rings. The molecule has 0 bridgehead atoms. The van der Waals surface area contributed by atoms with Gasteiger partial charge in [0.1, 0.15) is 35.2 Å². The zero-order chi connectivity index (χ0) is 99.1. The molecule has 4 saturated carbocycles. The molecule has 8 aliphatic carbocycles. The van der Waals surface area contributed by atoms with Gasteiger partial charge in [0.05, 0.1) is 0 Å². The van der Waals surface area contributed by atoms with E-state index in [1.54, 1.807) is 41.5 Å². The van der Waals surface area contributed by atoms with Gasteiger partial charge in [0.2, 0.25) is 0 Å². The number of hydrogen-bond donors (Lipinski definition) is 0. The van der Waals surface area contributed by atoms with Crippen molar-refractivity contribution >= 4 is 76.7 Å². The predicted octanol–water partition coefficient (Wildman–Crippen LogP) is 31.9. The maximum atomic E-state index is 5.66. The summed E-state index contributed by atoms with van der Waals surface area (Å²) in [5, 5.41) is 36.0. The van der Waals surface area contributed by atoms with E-state index in [0.717, 1.165) is 0 Å². The molecule has 8 aromatic rings. The van der Waals surface area contributed by atoms with Crippen LogP contribution >= 0.6 is 0 Å². The summed E-state index contributed by atoms with van der Waals surface area (Å²) in [7, 11) is -6.43. The Labute approximate surface area is 882 Å². The molecular formula is C132H184N4Si4Ti. The molecular weight excluding hydrogens is 1800 g/mol. The van der Waals surface area contributed by atoms with Crippen LogP contribution in [0.1, 0.15) is 342 Å². The second kappa shape index (κ2) is 53.1. The van der Waals surface area contributed by atoms with Gasteiger partial charge in [-0.15, -0.1) is 22.2 Å². The summed E-state index contributed by atoms with van der Waals surface area (Å²) < 4.78 is 0. The van der Waals surface area contributed by atoms with Crippen molar-refractivity contribution in [3.63, 3.8) is 0 Å². The van der Waals surface area contributed by atoms with Crippen LogP contribution in [0.25, 0.3) is 21.3 Å². The molecule has 8 aromatic carbocycles. The second-order valence-corrected chi connectivity index (χ2v) is 61.6. The number of nitrogens with zero attached hydrogens (tertiary/aromatic N) is 4. The summed E-state index contributed by atoms with van der Waals surface area (Å²) in [6.45, 7) is 41.3. The van der Waals surface area contributed by atoms with Gasteiger partial charge < -0.3 is 21.3 Å². The zero-order valence-electron chi connectivity index (χ0n) is 90.7. The first kappa shape index (κ1) is 113. The smallest absolute Gasteiger partial charge is 0.647 e. The van der Waals surface area contributed by atoms with E-state index in [1.165, 1.54) is 231 Å². The molecule has 8 unspecified atom stereocenters.